The Morgan fingerprint density at radius 2 is 1.80 bits per heavy atom. The van der Waals surface area contributed by atoms with Crippen molar-refractivity contribution in [3.8, 4) is 0 Å². The minimum atomic E-state index is -3.73. The highest BCUT2D eigenvalue weighted by Gasteiger charge is 2.17. The van der Waals surface area contributed by atoms with Crippen molar-refractivity contribution < 1.29 is 16.8 Å². The molecule has 0 unspecified atom stereocenters. The van der Waals surface area contributed by atoms with Gasteiger partial charge in [0.15, 0.2) is 9.84 Å². The molecule has 0 N–H and O–H groups in total. The highest BCUT2D eigenvalue weighted by Crippen LogP contribution is 2.16. The number of rotatable bonds is 5. The van der Waals surface area contributed by atoms with Crippen LogP contribution in [-0.2, 0) is 19.7 Å². The molecule has 20 heavy (non-hydrogen) atoms. The molecule has 0 aliphatic carbocycles. The molecular weight excluding hydrogens is 318 g/mol. The van der Waals surface area contributed by atoms with E-state index in [0.29, 0.717) is 11.6 Å². The van der Waals surface area contributed by atoms with Crippen LogP contribution in [0.2, 0.25) is 0 Å². The average molecular weight is 331 g/mol. The van der Waals surface area contributed by atoms with E-state index in [4.69, 9.17) is 0 Å². The first-order valence-electron chi connectivity index (χ1n) is 5.76. The maximum absolute atomic E-state index is 11.9. The number of aliphatic imine (C=N–C) groups is 1. The molecule has 1 heterocycles. The number of sulfone groups is 2. The summed E-state index contributed by atoms with van der Waals surface area (Å²) in [6, 6.07) is 7.69. The van der Waals surface area contributed by atoms with E-state index in [1.54, 1.807) is 18.2 Å². The van der Waals surface area contributed by atoms with Gasteiger partial charge in [-0.2, -0.15) is 0 Å². The van der Waals surface area contributed by atoms with Crippen molar-refractivity contribution in [3.63, 3.8) is 0 Å². The van der Waals surface area contributed by atoms with Crippen LogP contribution in [0.1, 0.15) is 0 Å². The summed E-state index contributed by atoms with van der Waals surface area (Å²) in [6.07, 6.45) is 0. The summed E-state index contributed by atoms with van der Waals surface area (Å²) in [5.74, 6) is 0.537. The topological polar surface area (TPSA) is 80.6 Å². The van der Waals surface area contributed by atoms with Crippen molar-refractivity contribution in [3.05, 3.63) is 41.1 Å². The molecule has 2 rings (SSSR count). The van der Waals surface area contributed by atoms with Crippen molar-refractivity contribution in [2.45, 2.75) is 4.90 Å². The molecule has 0 saturated heterocycles. The lowest BCUT2D eigenvalue weighted by Crippen LogP contribution is -2.10. The minimum Gasteiger partial charge on any atom is -0.281 e. The summed E-state index contributed by atoms with van der Waals surface area (Å²) >= 11 is 1.39. The van der Waals surface area contributed by atoms with E-state index in [-0.39, 0.29) is 10.6 Å². The first-order chi connectivity index (χ1) is 9.39. The van der Waals surface area contributed by atoms with E-state index in [0.717, 1.165) is 16.6 Å². The molecule has 1 aliphatic rings. The maximum atomic E-state index is 11.9. The first-order valence-corrected chi connectivity index (χ1v) is 10.0. The molecule has 0 fully saturated rings. The lowest BCUT2D eigenvalue weighted by atomic mass is 10.4. The summed E-state index contributed by atoms with van der Waals surface area (Å²) in [4.78, 5) is 4.11. The van der Waals surface area contributed by atoms with E-state index in [1.165, 1.54) is 23.9 Å². The second-order valence-electron chi connectivity index (χ2n) is 4.06. The van der Waals surface area contributed by atoms with E-state index in [1.807, 2.05) is 0 Å². The number of nitrogens with zero attached hydrogens (tertiary/aromatic N) is 1. The van der Waals surface area contributed by atoms with Crippen LogP contribution in [0.5, 0.6) is 0 Å². The Bertz CT molecular complexity index is 734. The Balaban J connectivity index is 2.16. The Morgan fingerprint density at radius 1 is 1.10 bits per heavy atom. The average Bonchev–Trinajstić information content (AvgIpc) is 2.90. The van der Waals surface area contributed by atoms with Crippen LogP contribution in [0.3, 0.4) is 0 Å². The molecular formula is C12H13NO4S3. The van der Waals surface area contributed by atoms with Crippen LogP contribution in [0.15, 0.2) is 51.0 Å². The van der Waals surface area contributed by atoms with Crippen molar-refractivity contribution >= 4 is 36.5 Å². The van der Waals surface area contributed by atoms with Gasteiger partial charge in [-0.05, 0) is 12.1 Å². The second kappa shape index (κ2) is 6.11. The summed E-state index contributed by atoms with van der Waals surface area (Å²) in [5.41, 5.74) is 0. The fourth-order valence-electron chi connectivity index (χ4n) is 1.53. The lowest BCUT2D eigenvalue weighted by Gasteiger charge is -2.00. The van der Waals surface area contributed by atoms with Crippen LogP contribution in [-0.4, -0.2) is 39.9 Å². The van der Waals surface area contributed by atoms with Crippen molar-refractivity contribution in [1.82, 2.24) is 0 Å². The molecule has 5 nitrogen and oxygen atoms in total. The zero-order valence-electron chi connectivity index (χ0n) is 10.5. The predicted molar refractivity (Wildman–Crippen MR) is 81.3 cm³/mol. The third-order valence-electron chi connectivity index (χ3n) is 2.49. The van der Waals surface area contributed by atoms with E-state index in [9.17, 15) is 16.8 Å². The van der Waals surface area contributed by atoms with Gasteiger partial charge >= 0.3 is 0 Å². The summed E-state index contributed by atoms with van der Waals surface area (Å²) in [6.45, 7) is 0.613. The van der Waals surface area contributed by atoms with Crippen molar-refractivity contribution in [1.29, 1.82) is 0 Å². The molecule has 0 spiro atoms. The van der Waals surface area contributed by atoms with Gasteiger partial charge in [0.2, 0.25) is 9.84 Å². The Labute approximate surface area is 122 Å². The SMILES string of the molecule is O=S(=O)(/C=C/S(=O)(=O)c1ccccc1)CC1=NCCS1. The Hall–Kier alpha value is -1.12. The first kappa shape index (κ1) is 15.3. The van der Waals surface area contributed by atoms with Gasteiger partial charge in [-0.1, -0.05) is 18.2 Å². The second-order valence-corrected chi connectivity index (χ2v) is 8.95. The third-order valence-corrected chi connectivity index (χ3v) is 6.49. The summed E-state index contributed by atoms with van der Waals surface area (Å²) in [5, 5.41) is 2.01. The molecule has 108 valence electrons. The van der Waals surface area contributed by atoms with Gasteiger partial charge in [0.25, 0.3) is 0 Å². The van der Waals surface area contributed by atoms with Gasteiger partial charge in [-0.25, -0.2) is 16.8 Å². The van der Waals surface area contributed by atoms with E-state index >= 15 is 0 Å². The fourth-order valence-corrected chi connectivity index (χ4v) is 5.45. The smallest absolute Gasteiger partial charge is 0.200 e. The van der Waals surface area contributed by atoms with Crippen LogP contribution in [0.25, 0.3) is 0 Å². The quantitative estimate of drug-likeness (QED) is 0.816. The van der Waals surface area contributed by atoms with Gasteiger partial charge in [0.05, 0.1) is 9.94 Å². The van der Waals surface area contributed by atoms with Crippen LogP contribution >= 0.6 is 11.8 Å². The van der Waals surface area contributed by atoms with Gasteiger partial charge in [-0.15, -0.1) is 11.8 Å². The Morgan fingerprint density at radius 3 is 2.40 bits per heavy atom. The molecule has 1 aromatic rings. The third kappa shape index (κ3) is 4.19. The summed E-state index contributed by atoms with van der Waals surface area (Å²) < 4.78 is 47.5. The normalized spacial score (nSPS) is 16.5. The number of benzene rings is 1. The molecule has 0 saturated carbocycles. The van der Waals surface area contributed by atoms with E-state index < -0.39 is 19.7 Å². The van der Waals surface area contributed by atoms with Gasteiger partial charge in [0, 0.05) is 23.1 Å². The highest BCUT2D eigenvalue weighted by atomic mass is 32.2. The minimum absolute atomic E-state index is 0.0685. The number of hydrogen-bond donors (Lipinski definition) is 0. The van der Waals surface area contributed by atoms with Crippen LogP contribution in [0, 0.1) is 0 Å². The number of thioether (sulfide) groups is 1. The fraction of sp³-hybridized carbons (Fsp3) is 0.250. The molecule has 0 atom stereocenters. The van der Waals surface area contributed by atoms with Crippen molar-refractivity contribution in [2.75, 3.05) is 18.1 Å². The zero-order valence-corrected chi connectivity index (χ0v) is 12.9. The highest BCUT2D eigenvalue weighted by molar-refractivity contribution is 8.15. The lowest BCUT2D eigenvalue weighted by molar-refractivity contribution is 0.602. The molecule has 0 aromatic heterocycles. The molecule has 1 aliphatic heterocycles. The van der Waals surface area contributed by atoms with Crippen LogP contribution < -0.4 is 0 Å². The Kier molecular flexibility index (Phi) is 4.66. The van der Waals surface area contributed by atoms with Gasteiger partial charge in [-0.3, -0.25) is 4.99 Å². The van der Waals surface area contributed by atoms with Gasteiger partial charge in [0.1, 0.15) is 5.75 Å². The number of hydrogen-bond acceptors (Lipinski definition) is 6. The summed E-state index contributed by atoms with van der Waals surface area (Å²) in [7, 11) is -7.35. The van der Waals surface area contributed by atoms with Gasteiger partial charge < -0.3 is 0 Å². The molecule has 8 heteroatoms. The molecule has 0 amide bonds. The van der Waals surface area contributed by atoms with Crippen LogP contribution in [0.4, 0.5) is 0 Å². The molecule has 1 aromatic carbocycles. The predicted octanol–water partition coefficient (Wildman–Crippen LogP) is 1.49. The maximum Gasteiger partial charge on any atom is 0.200 e. The monoisotopic (exact) mass is 331 g/mol. The standard InChI is InChI=1S/C12H13NO4S3/c14-19(15,10-12-13-6-7-18-12)8-9-20(16,17)11-4-2-1-3-5-11/h1-5,8-9H,6-7,10H2/b9-8+. The molecule has 0 bridgehead atoms. The zero-order chi connectivity index (χ0) is 14.6. The van der Waals surface area contributed by atoms with E-state index in [2.05, 4.69) is 4.99 Å². The molecule has 0 radical (unpaired) electrons. The largest absolute Gasteiger partial charge is 0.281 e. The van der Waals surface area contributed by atoms with Crippen molar-refractivity contribution in [2.24, 2.45) is 4.99 Å².